The number of nitrogens with zero attached hydrogens (tertiary/aromatic N) is 2. The summed E-state index contributed by atoms with van der Waals surface area (Å²) in [6, 6.07) is 4.36. The van der Waals surface area contributed by atoms with E-state index in [0.29, 0.717) is 38.2 Å². The fraction of sp³-hybridized carbons (Fsp3) is 0.579. The summed E-state index contributed by atoms with van der Waals surface area (Å²) in [6.07, 6.45) is 0.217. The van der Waals surface area contributed by atoms with Crippen molar-refractivity contribution < 1.29 is 18.7 Å². The number of carbonyl (C=O) groups excluding carboxylic acids is 2. The van der Waals surface area contributed by atoms with Crippen molar-refractivity contribution in [3.05, 3.63) is 35.1 Å². The van der Waals surface area contributed by atoms with Crippen molar-refractivity contribution in [2.75, 3.05) is 26.2 Å². The van der Waals surface area contributed by atoms with Gasteiger partial charge in [-0.05, 0) is 51.8 Å². The van der Waals surface area contributed by atoms with Crippen LogP contribution in [0, 0.1) is 5.82 Å². The van der Waals surface area contributed by atoms with Crippen molar-refractivity contribution in [2.24, 2.45) is 0 Å². The molecule has 0 N–H and O–H groups in total. The maximum atomic E-state index is 14.2. The molecule has 1 aliphatic rings. The van der Waals surface area contributed by atoms with Gasteiger partial charge in [-0.25, -0.2) is 9.18 Å². The van der Waals surface area contributed by atoms with Gasteiger partial charge in [0.25, 0.3) is 5.91 Å². The molecule has 5 nitrogen and oxygen atoms in total. The summed E-state index contributed by atoms with van der Waals surface area (Å²) < 4.78 is 19.5. The molecule has 2 rings (SSSR count). The average Bonchev–Trinajstić information content (AvgIpc) is 2.79. The van der Waals surface area contributed by atoms with Gasteiger partial charge in [-0.2, -0.15) is 0 Å². The highest BCUT2D eigenvalue weighted by atomic mass is 35.5. The number of alkyl halides is 1. The molecule has 1 atom stereocenters. The van der Waals surface area contributed by atoms with Crippen LogP contribution in [0.2, 0.25) is 0 Å². The van der Waals surface area contributed by atoms with Crippen molar-refractivity contribution in [1.29, 1.82) is 0 Å². The van der Waals surface area contributed by atoms with Crippen LogP contribution in [0.4, 0.5) is 9.18 Å². The fourth-order valence-corrected chi connectivity index (χ4v) is 2.89. The van der Waals surface area contributed by atoms with Crippen molar-refractivity contribution in [1.82, 2.24) is 9.80 Å². The molecule has 1 fully saturated rings. The summed E-state index contributed by atoms with van der Waals surface area (Å²) in [5.74, 6) is -0.947. The lowest BCUT2D eigenvalue weighted by atomic mass is 10.1. The van der Waals surface area contributed by atoms with Gasteiger partial charge in [0.05, 0.1) is 10.9 Å². The number of hydrogen-bond acceptors (Lipinski definition) is 3. The molecule has 7 heteroatoms. The molecule has 0 bridgehead atoms. The van der Waals surface area contributed by atoms with Crippen molar-refractivity contribution in [3.63, 3.8) is 0 Å². The first kappa shape index (κ1) is 20.5. The first-order chi connectivity index (χ1) is 12.1. The molecule has 0 spiro atoms. The van der Waals surface area contributed by atoms with E-state index in [2.05, 4.69) is 0 Å². The van der Waals surface area contributed by atoms with Crippen LogP contribution in [-0.2, 0) is 4.74 Å². The lowest BCUT2D eigenvalue weighted by molar-refractivity contribution is 0.0255. The Kier molecular flexibility index (Phi) is 6.50. The van der Waals surface area contributed by atoms with E-state index in [1.807, 2.05) is 20.8 Å². The van der Waals surface area contributed by atoms with E-state index in [-0.39, 0.29) is 16.8 Å². The summed E-state index contributed by atoms with van der Waals surface area (Å²) in [5, 5.41) is -0.311. The Morgan fingerprint density at radius 3 is 2.38 bits per heavy atom. The first-order valence-corrected chi connectivity index (χ1v) is 9.23. The van der Waals surface area contributed by atoms with E-state index in [4.69, 9.17) is 16.3 Å². The van der Waals surface area contributed by atoms with Crippen molar-refractivity contribution >= 4 is 23.6 Å². The van der Waals surface area contributed by atoms with Crippen LogP contribution >= 0.6 is 11.6 Å². The van der Waals surface area contributed by atoms with Gasteiger partial charge >= 0.3 is 6.09 Å². The van der Waals surface area contributed by atoms with Gasteiger partial charge in [0.2, 0.25) is 0 Å². The van der Waals surface area contributed by atoms with Gasteiger partial charge in [0.15, 0.2) is 0 Å². The van der Waals surface area contributed by atoms with Gasteiger partial charge in [-0.15, -0.1) is 11.6 Å². The highest BCUT2D eigenvalue weighted by Gasteiger charge is 2.27. The molecule has 1 aliphatic heterocycles. The highest BCUT2D eigenvalue weighted by molar-refractivity contribution is 6.20. The molecule has 2 amide bonds. The smallest absolute Gasteiger partial charge is 0.410 e. The zero-order valence-electron chi connectivity index (χ0n) is 15.7. The maximum absolute atomic E-state index is 14.2. The number of halogens is 2. The minimum Gasteiger partial charge on any atom is -0.444 e. The average molecular weight is 385 g/mol. The zero-order chi connectivity index (χ0) is 19.5. The Balaban J connectivity index is 2.08. The van der Waals surface area contributed by atoms with Gasteiger partial charge in [0.1, 0.15) is 11.4 Å². The van der Waals surface area contributed by atoms with Crippen LogP contribution in [0.3, 0.4) is 0 Å². The summed E-state index contributed by atoms with van der Waals surface area (Å²) in [7, 11) is 0. The van der Waals surface area contributed by atoms with Crippen LogP contribution in [-0.4, -0.2) is 53.6 Å². The van der Waals surface area contributed by atoms with Crippen LogP contribution in [0.5, 0.6) is 0 Å². The number of benzene rings is 1. The third kappa shape index (κ3) is 5.34. The minimum absolute atomic E-state index is 0.0146. The number of hydrogen-bond donors (Lipinski definition) is 0. The third-order valence-electron chi connectivity index (χ3n) is 4.11. The normalized spacial score (nSPS) is 16.8. The Labute approximate surface area is 159 Å². The van der Waals surface area contributed by atoms with Gasteiger partial charge in [0, 0.05) is 26.2 Å². The molecule has 0 aromatic heterocycles. The van der Waals surface area contributed by atoms with Gasteiger partial charge in [-0.3, -0.25) is 4.79 Å². The van der Waals surface area contributed by atoms with Crippen molar-refractivity contribution in [2.45, 2.75) is 45.1 Å². The molecular formula is C19H26ClFN2O3. The van der Waals surface area contributed by atoms with Gasteiger partial charge in [-0.1, -0.05) is 6.07 Å². The zero-order valence-corrected chi connectivity index (χ0v) is 16.5. The highest BCUT2D eigenvalue weighted by Crippen LogP contribution is 2.23. The van der Waals surface area contributed by atoms with Crippen LogP contribution in [0.25, 0.3) is 0 Å². The molecule has 1 aromatic rings. The molecule has 0 aliphatic carbocycles. The molecule has 0 saturated carbocycles. The molecule has 144 valence electrons. The second kappa shape index (κ2) is 8.25. The largest absolute Gasteiger partial charge is 0.444 e. The summed E-state index contributed by atoms with van der Waals surface area (Å²) in [5.41, 5.74) is 0.142. The number of amides is 2. The van der Waals surface area contributed by atoms with Crippen LogP contribution in [0.1, 0.15) is 55.4 Å². The molecule has 26 heavy (non-hydrogen) atoms. The second-order valence-electron chi connectivity index (χ2n) is 7.47. The molecular weight excluding hydrogens is 359 g/mol. The predicted octanol–water partition coefficient (Wildman–Crippen LogP) is 4.21. The van der Waals surface area contributed by atoms with E-state index in [1.165, 1.54) is 12.1 Å². The lowest BCUT2D eigenvalue weighted by Crippen LogP contribution is -2.40. The fourth-order valence-electron chi connectivity index (χ4n) is 2.75. The Morgan fingerprint density at radius 2 is 1.77 bits per heavy atom. The quantitative estimate of drug-likeness (QED) is 0.718. The SMILES string of the molecule is CC(Cl)c1ccc(F)c(C(=O)N2CCCN(C(=O)OC(C)(C)C)CC2)c1. The van der Waals surface area contributed by atoms with Crippen molar-refractivity contribution in [3.8, 4) is 0 Å². The summed E-state index contributed by atoms with van der Waals surface area (Å²) in [4.78, 5) is 28.1. The molecule has 1 aromatic carbocycles. The first-order valence-electron chi connectivity index (χ1n) is 8.79. The number of ether oxygens (including phenoxy) is 1. The molecule has 1 unspecified atom stereocenters. The Bertz CT molecular complexity index is 673. The minimum atomic E-state index is -0.569. The van der Waals surface area contributed by atoms with E-state index >= 15 is 0 Å². The standard InChI is InChI=1S/C19H26ClFN2O3/c1-13(20)14-6-7-16(21)15(12-14)17(24)22-8-5-9-23(11-10-22)18(25)26-19(2,3)4/h6-7,12-13H,5,8-11H2,1-4H3. The number of rotatable bonds is 2. The molecule has 1 saturated heterocycles. The van der Waals surface area contributed by atoms with E-state index in [0.717, 1.165) is 0 Å². The second-order valence-corrected chi connectivity index (χ2v) is 8.12. The van der Waals surface area contributed by atoms with E-state index in [9.17, 15) is 14.0 Å². The topological polar surface area (TPSA) is 49.9 Å². The van der Waals surface area contributed by atoms with E-state index < -0.39 is 17.5 Å². The summed E-state index contributed by atoms with van der Waals surface area (Å²) in [6.45, 7) is 8.85. The Morgan fingerprint density at radius 1 is 1.15 bits per heavy atom. The summed E-state index contributed by atoms with van der Waals surface area (Å²) >= 11 is 6.05. The lowest BCUT2D eigenvalue weighted by Gasteiger charge is -2.26. The van der Waals surface area contributed by atoms with E-state index in [1.54, 1.807) is 22.8 Å². The third-order valence-corrected chi connectivity index (χ3v) is 4.37. The molecule has 1 heterocycles. The Hall–Kier alpha value is -1.82. The monoisotopic (exact) mass is 384 g/mol. The number of carbonyl (C=O) groups is 2. The maximum Gasteiger partial charge on any atom is 0.410 e. The van der Waals surface area contributed by atoms with Crippen LogP contribution < -0.4 is 0 Å². The predicted molar refractivity (Wildman–Crippen MR) is 99.0 cm³/mol. The van der Waals surface area contributed by atoms with Gasteiger partial charge < -0.3 is 14.5 Å². The van der Waals surface area contributed by atoms with Crippen LogP contribution in [0.15, 0.2) is 18.2 Å². The molecule has 0 radical (unpaired) electrons.